The van der Waals surface area contributed by atoms with Gasteiger partial charge in [-0.25, -0.2) is 4.99 Å². The van der Waals surface area contributed by atoms with E-state index in [4.69, 9.17) is 9.47 Å². The second kappa shape index (κ2) is 10.7. The second-order valence-corrected chi connectivity index (χ2v) is 8.24. The third-order valence-corrected chi connectivity index (χ3v) is 5.91. The lowest BCUT2D eigenvalue weighted by Gasteiger charge is -2.12. The van der Waals surface area contributed by atoms with Gasteiger partial charge in [0.05, 0.1) is 17.7 Å². The van der Waals surface area contributed by atoms with E-state index < -0.39 is 0 Å². The van der Waals surface area contributed by atoms with Gasteiger partial charge in [0.15, 0.2) is 16.7 Å². The maximum atomic E-state index is 13.0. The average Bonchev–Trinajstić information content (AvgIpc) is 3.13. The number of methoxy groups -OCH3 is 1. The van der Waals surface area contributed by atoms with Crippen molar-refractivity contribution in [3.63, 3.8) is 0 Å². The molecule has 0 aliphatic carbocycles. The van der Waals surface area contributed by atoms with E-state index in [1.165, 1.54) is 11.8 Å². The van der Waals surface area contributed by atoms with Crippen molar-refractivity contribution in [2.75, 3.05) is 13.7 Å². The Labute approximate surface area is 198 Å². The Morgan fingerprint density at radius 2 is 1.73 bits per heavy atom. The molecule has 0 atom stereocenters. The number of carbonyl (C=O) groups excluding carboxylic acids is 1. The fourth-order valence-electron chi connectivity index (χ4n) is 3.27. The van der Waals surface area contributed by atoms with Crippen LogP contribution in [-0.2, 0) is 11.4 Å². The van der Waals surface area contributed by atoms with Crippen LogP contribution in [-0.4, -0.2) is 29.6 Å². The van der Waals surface area contributed by atoms with Crippen LogP contribution in [0.15, 0.2) is 101 Å². The summed E-state index contributed by atoms with van der Waals surface area (Å²) < 4.78 is 11.5. The molecule has 0 unspecified atom stereocenters. The molecule has 1 fully saturated rings. The van der Waals surface area contributed by atoms with E-state index in [0.717, 1.165) is 16.8 Å². The number of ether oxygens (including phenoxy) is 2. The lowest BCUT2D eigenvalue weighted by atomic mass is 10.1. The first-order chi connectivity index (χ1) is 16.2. The minimum Gasteiger partial charge on any atom is -0.493 e. The summed E-state index contributed by atoms with van der Waals surface area (Å²) in [6.07, 6.45) is 3.55. The Bertz CT molecular complexity index is 1190. The Kier molecular flexibility index (Phi) is 7.27. The van der Waals surface area contributed by atoms with Crippen LogP contribution in [0.5, 0.6) is 11.5 Å². The quantitative estimate of drug-likeness (QED) is 0.305. The molecule has 1 heterocycles. The summed E-state index contributed by atoms with van der Waals surface area (Å²) >= 11 is 1.35. The van der Waals surface area contributed by atoms with Crippen molar-refractivity contribution < 1.29 is 14.3 Å². The van der Waals surface area contributed by atoms with Gasteiger partial charge >= 0.3 is 0 Å². The SMILES string of the molecule is C=CCN1C(=O)C(=Cc2ccc(OCc3ccccc3)c(OC)c2)SC1=Nc1ccccc1. The third kappa shape index (κ3) is 5.54. The smallest absolute Gasteiger partial charge is 0.267 e. The van der Waals surface area contributed by atoms with Gasteiger partial charge in [0, 0.05) is 6.54 Å². The van der Waals surface area contributed by atoms with Crippen molar-refractivity contribution >= 4 is 34.6 Å². The Hall–Kier alpha value is -3.77. The lowest BCUT2D eigenvalue weighted by Crippen LogP contribution is -2.29. The molecular weight excluding hydrogens is 432 g/mol. The minimum absolute atomic E-state index is 0.0991. The molecule has 33 heavy (non-hydrogen) atoms. The maximum absolute atomic E-state index is 13.0. The largest absolute Gasteiger partial charge is 0.493 e. The van der Waals surface area contributed by atoms with Crippen LogP contribution in [0.25, 0.3) is 6.08 Å². The summed E-state index contributed by atoms with van der Waals surface area (Å²) in [5.74, 6) is 1.16. The number of rotatable bonds is 8. The summed E-state index contributed by atoms with van der Waals surface area (Å²) in [5.41, 5.74) is 2.71. The number of para-hydroxylation sites is 1. The zero-order valence-corrected chi connectivity index (χ0v) is 19.1. The molecule has 1 aliphatic rings. The standard InChI is InChI=1S/C27H24N2O3S/c1-3-16-29-26(30)25(33-27(29)28-22-12-8-5-9-13-22)18-21-14-15-23(24(17-21)31-2)32-19-20-10-6-4-7-11-20/h3-15,17-18H,1,16,19H2,2H3. The topological polar surface area (TPSA) is 51.1 Å². The van der Waals surface area contributed by atoms with E-state index in [9.17, 15) is 4.79 Å². The zero-order valence-electron chi connectivity index (χ0n) is 18.3. The fourth-order valence-corrected chi connectivity index (χ4v) is 4.28. The molecule has 0 N–H and O–H groups in total. The summed E-state index contributed by atoms with van der Waals surface area (Å²) in [4.78, 5) is 19.9. The predicted molar refractivity (Wildman–Crippen MR) is 135 cm³/mol. The van der Waals surface area contributed by atoms with Crippen molar-refractivity contribution in [1.29, 1.82) is 0 Å². The van der Waals surface area contributed by atoms with E-state index >= 15 is 0 Å². The van der Waals surface area contributed by atoms with Crippen molar-refractivity contribution in [3.8, 4) is 11.5 Å². The summed E-state index contributed by atoms with van der Waals surface area (Å²) in [6.45, 7) is 4.61. The van der Waals surface area contributed by atoms with Crippen molar-refractivity contribution in [2.45, 2.75) is 6.61 Å². The molecule has 1 aliphatic heterocycles. The Morgan fingerprint density at radius 1 is 1.00 bits per heavy atom. The van der Waals surface area contributed by atoms with Gasteiger partial charge in [-0.05, 0) is 53.2 Å². The van der Waals surface area contributed by atoms with Crippen LogP contribution >= 0.6 is 11.8 Å². The lowest BCUT2D eigenvalue weighted by molar-refractivity contribution is -0.121. The van der Waals surface area contributed by atoms with Crippen LogP contribution in [0.3, 0.4) is 0 Å². The van der Waals surface area contributed by atoms with Gasteiger partial charge in [-0.3, -0.25) is 9.69 Å². The molecule has 0 spiro atoms. The van der Waals surface area contributed by atoms with Crippen LogP contribution in [0.2, 0.25) is 0 Å². The molecule has 0 bridgehead atoms. The first-order valence-electron chi connectivity index (χ1n) is 10.5. The van der Waals surface area contributed by atoms with Crippen LogP contribution in [0, 0.1) is 0 Å². The molecule has 4 rings (SSSR count). The van der Waals surface area contributed by atoms with Crippen LogP contribution < -0.4 is 9.47 Å². The molecule has 3 aromatic carbocycles. The summed E-state index contributed by atoms with van der Waals surface area (Å²) in [6, 6.07) is 25.2. The second-order valence-electron chi connectivity index (χ2n) is 7.23. The van der Waals surface area contributed by atoms with Gasteiger partial charge < -0.3 is 9.47 Å². The predicted octanol–water partition coefficient (Wildman–Crippen LogP) is 6.06. The number of amides is 1. The van der Waals surface area contributed by atoms with E-state index in [2.05, 4.69) is 11.6 Å². The number of hydrogen-bond acceptors (Lipinski definition) is 5. The number of benzene rings is 3. The van der Waals surface area contributed by atoms with Crippen LogP contribution in [0.1, 0.15) is 11.1 Å². The molecule has 3 aromatic rings. The molecule has 6 heteroatoms. The highest BCUT2D eigenvalue weighted by atomic mass is 32.2. The Balaban J connectivity index is 1.56. The minimum atomic E-state index is -0.0991. The average molecular weight is 457 g/mol. The first-order valence-corrected chi connectivity index (χ1v) is 11.3. The number of nitrogens with zero attached hydrogens (tertiary/aromatic N) is 2. The number of carbonyl (C=O) groups is 1. The van der Waals surface area contributed by atoms with E-state index in [0.29, 0.717) is 34.7 Å². The maximum Gasteiger partial charge on any atom is 0.267 e. The molecular formula is C27H24N2O3S. The molecule has 0 radical (unpaired) electrons. The van der Waals surface area contributed by atoms with Gasteiger partial charge in [0.1, 0.15) is 6.61 Å². The number of thioether (sulfide) groups is 1. The highest BCUT2D eigenvalue weighted by molar-refractivity contribution is 8.18. The Morgan fingerprint density at radius 3 is 2.42 bits per heavy atom. The highest BCUT2D eigenvalue weighted by Gasteiger charge is 2.32. The van der Waals surface area contributed by atoms with Gasteiger partial charge in [-0.15, -0.1) is 6.58 Å². The molecule has 166 valence electrons. The van der Waals surface area contributed by atoms with Gasteiger partial charge in [-0.2, -0.15) is 0 Å². The zero-order chi connectivity index (χ0) is 23.0. The van der Waals surface area contributed by atoms with Crippen molar-refractivity contribution in [3.05, 3.63) is 108 Å². The van der Waals surface area contributed by atoms with Gasteiger partial charge in [-0.1, -0.05) is 60.7 Å². The fraction of sp³-hybridized carbons (Fsp3) is 0.111. The monoisotopic (exact) mass is 456 g/mol. The van der Waals surface area contributed by atoms with Crippen molar-refractivity contribution in [1.82, 2.24) is 4.90 Å². The van der Waals surface area contributed by atoms with E-state index in [1.54, 1.807) is 18.1 Å². The van der Waals surface area contributed by atoms with Crippen LogP contribution in [0.4, 0.5) is 5.69 Å². The molecule has 0 aromatic heterocycles. The highest BCUT2D eigenvalue weighted by Crippen LogP contribution is 2.36. The first kappa shape index (κ1) is 22.4. The number of aliphatic imine (C=N–C) groups is 1. The van der Waals surface area contributed by atoms with Gasteiger partial charge in [0.2, 0.25) is 0 Å². The number of amidine groups is 1. The molecule has 0 saturated carbocycles. The summed E-state index contributed by atoms with van der Waals surface area (Å²) in [7, 11) is 1.60. The number of hydrogen-bond donors (Lipinski definition) is 0. The normalized spacial score (nSPS) is 15.8. The molecule has 5 nitrogen and oxygen atoms in total. The van der Waals surface area contributed by atoms with Crippen molar-refractivity contribution in [2.24, 2.45) is 4.99 Å². The van der Waals surface area contributed by atoms with Gasteiger partial charge in [0.25, 0.3) is 5.91 Å². The molecule has 1 saturated heterocycles. The third-order valence-electron chi connectivity index (χ3n) is 4.90. The summed E-state index contributed by atoms with van der Waals surface area (Å²) in [5, 5.41) is 0.632. The molecule has 1 amide bonds. The van der Waals surface area contributed by atoms with E-state index in [1.807, 2.05) is 84.9 Å². The van der Waals surface area contributed by atoms with E-state index in [-0.39, 0.29) is 5.91 Å².